The van der Waals surface area contributed by atoms with Gasteiger partial charge in [0.2, 0.25) is 0 Å². The molecular weight excluding hydrogens is 322 g/mol. The fourth-order valence-corrected chi connectivity index (χ4v) is 2.11. The van der Waals surface area contributed by atoms with E-state index in [-0.39, 0.29) is 6.54 Å². The number of carbonyl (C=O) groups is 2. The normalized spacial score (nSPS) is 12.1. The van der Waals surface area contributed by atoms with Crippen molar-refractivity contribution in [3.63, 3.8) is 0 Å². The molecule has 0 bridgehead atoms. The summed E-state index contributed by atoms with van der Waals surface area (Å²) in [6, 6.07) is 5.26. The van der Waals surface area contributed by atoms with Gasteiger partial charge in [-0.15, -0.1) is 0 Å². The van der Waals surface area contributed by atoms with Gasteiger partial charge in [0, 0.05) is 6.20 Å². The van der Waals surface area contributed by atoms with Crippen LogP contribution in [0.15, 0.2) is 24.4 Å². The molecule has 2 heterocycles. The van der Waals surface area contributed by atoms with Gasteiger partial charge in [-0.25, -0.2) is 14.6 Å². The first-order valence-corrected chi connectivity index (χ1v) is 8.12. The molecule has 0 saturated carbocycles. The lowest BCUT2D eigenvalue weighted by atomic mass is 10.2. The van der Waals surface area contributed by atoms with Gasteiger partial charge in [-0.1, -0.05) is 0 Å². The van der Waals surface area contributed by atoms with Crippen LogP contribution in [0, 0.1) is 0 Å². The predicted molar refractivity (Wildman–Crippen MR) is 94.4 cm³/mol. The Bertz CT molecular complexity index is 782. The quantitative estimate of drug-likeness (QED) is 0.892. The highest BCUT2D eigenvalue weighted by atomic mass is 16.6. The summed E-state index contributed by atoms with van der Waals surface area (Å²) in [6.45, 7) is 11.1. The molecular formula is C18H25N3O4. The molecule has 0 unspecified atom stereocenters. The van der Waals surface area contributed by atoms with Gasteiger partial charge in [0.25, 0.3) is 0 Å². The molecule has 2 aromatic heterocycles. The van der Waals surface area contributed by atoms with E-state index in [0.717, 1.165) is 0 Å². The number of hydrogen-bond donors (Lipinski definition) is 1. The Labute approximate surface area is 147 Å². The van der Waals surface area contributed by atoms with Gasteiger partial charge in [0.05, 0.1) is 23.3 Å². The fraction of sp³-hybridized carbons (Fsp3) is 0.500. The molecule has 0 aliphatic heterocycles. The highest BCUT2D eigenvalue weighted by molar-refractivity contribution is 5.87. The van der Waals surface area contributed by atoms with Crippen LogP contribution in [0.25, 0.3) is 11.0 Å². The lowest BCUT2D eigenvalue weighted by Crippen LogP contribution is -2.32. The molecule has 2 aromatic rings. The number of hydrogen-bond acceptors (Lipinski definition) is 5. The summed E-state index contributed by atoms with van der Waals surface area (Å²) in [4.78, 5) is 28.3. The Morgan fingerprint density at radius 3 is 2.28 bits per heavy atom. The van der Waals surface area contributed by atoms with Gasteiger partial charge in [-0.2, -0.15) is 0 Å². The molecule has 0 aromatic carbocycles. The zero-order valence-electron chi connectivity index (χ0n) is 15.5. The topological polar surface area (TPSA) is 82.5 Å². The number of carbonyl (C=O) groups excluding carboxylic acids is 2. The second kappa shape index (κ2) is 6.74. The Morgan fingerprint density at radius 1 is 1.04 bits per heavy atom. The van der Waals surface area contributed by atoms with E-state index in [2.05, 4.69) is 10.3 Å². The average Bonchev–Trinajstić information content (AvgIpc) is 2.84. The number of nitrogens with zero attached hydrogens (tertiary/aromatic N) is 2. The summed E-state index contributed by atoms with van der Waals surface area (Å²) in [5, 5.41) is 2.66. The maximum atomic E-state index is 12.2. The minimum absolute atomic E-state index is 0.239. The molecule has 1 amide bonds. The second-order valence-corrected chi connectivity index (χ2v) is 7.73. The highest BCUT2D eigenvalue weighted by Crippen LogP contribution is 2.17. The first-order valence-electron chi connectivity index (χ1n) is 8.12. The Balaban J connectivity index is 2.09. The van der Waals surface area contributed by atoms with Crippen LogP contribution in [0.2, 0.25) is 0 Å². The minimum atomic E-state index is -0.571. The van der Waals surface area contributed by atoms with Crippen molar-refractivity contribution in [1.82, 2.24) is 14.9 Å². The number of amides is 1. The molecule has 25 heavy (non-hydrogen) atoms. The third-order valence-electron chi connectivity index (χ3n) is 3.00. The number of aromatic nitrogens is 2. The van der Waals surface area contributed by atoms with Gasteiger partial charge in [-0.05, 0) is 59.7 Å². The summed E-state index contributed by atoms with van der Waals surface area (Å²) in [5.74, 6) is 0. The molecule has 0 radical (unpaired) electrons. The largest absolute Gasteiger partial charge is 0.444 e. The molecule has 0 atom stereocenters. The Kier molecular flexibility index (Phi) is 5.06. The van der Waals surface area contributed by atoms with E-state index in [1.807, 2.05) is 20.8 Å². The van der Waals surface area contributed by atoms with Crippen molar-refractivity contribution < 1.29 is 19.1 Å². The van der Waals surface area contributed by atoms with Crippen LogP contribution in [0.5, 0.6) is 0 Å². The van der Waals surface area contributed by atoms with Crippen LogP contribution >= 0.6 is 0 Å². The zero-order valence-corrected chi connectivity index (χ0v) is 15.5. The van der Waals surface area contributed by atoms with E-state index in [4.69, 9.17) is 9.47 Å². The lowest BCUT2D eigenvalue weighted by molar-refractivity contribution is 0.0518. The van der Waals surface area contributed by atoms with Crippen molar-refractivity contribution in [3.05, 3.63) is 30.1 Å². The monoisotopic (exact) mass is 347 g/mol. The minimum Gasteiger partial charge on any atom is -0.444 e. The molecule has 0 fully saturated rings. The second-order valence-electron chi connectivity index (χ2n) is 7.73. The lowest BCUT2D eigenvalue weighted by Gasteiger charge is -2.20. The first kappa shape index (κ1) is 18.8. The van der Waals surface area contributed by atoms with Crippen LogP contribution in [0.1, 0.15) is 47.2 Å². The Morgan fingerprint density at radius 2 is 1.68 bits per heavy atom. The van der Waals surface area contributed by atoms with Crippen LogP contribution in [0.3, 0.4) is 0 Å². The van der Waals surface area contributed by atoms with E-state index >= 15 is 0 Å². The molecule has 0 saturated heterocycles. The highest BCUT2D eigenvalue weighted by Gasteiger charge is 2.19. The van der Waals surface area contributed by atoms with E-state index in [1.54, 1.807) is 45.2 Å². The molecule has 1 N–H and O–H groups in total. The number of alkyl carbamates (subject to hydrolysis) is 1. The third kappa shape index (κ3) is 5.48. The van der Waals surface area contributed by atoms with E-state index in [1.165, 1.54) is 4.57 Å². The van der Waals surface area contributed by atoms with E-state index in [0.29, 0.717) is 16.7 Å². The number of ether oxygens (including phenoxy) is 2. The standard InChI is InChI=1S/C18H25N3O4/c1-17(2,3)24-15(22)19-11-12-7-8-14-13(20-12)9-10-21(14)16(23)25-18(4,5)6/h7-10H,11H2,1-6H3,(H,19,22). The maximum absolute atomic E-state index is 12.2. The molecule has 2 rings (SSSR count). The molecule has 0 aliphatic carbocycles. The van der Waals surface area contributed by atoms with Crippen molar-refractivity contribution in [3.8, 4) is 0 Å². The summed E-state index contributed by atoms with van der Waals surface area (Å²) < 4.78 is 12.0. The van der Waals surface area contributed by atoms with Gasteiger partial charge in [0.15, 0.2) is 0 Å². The number of rotatable bonds is 2. The maximum Gasteiger partial charge on any atom is 0.419 e. The SMILES string of the molecule is CC(C)(C)OC(=O)NCc1ccc2c(ccn2C(=O)OC(C)(C)C)n1. The van der Waals surface area contributed by atoms with Crippen LogP contribution in [-0.2, 0) is 16.0 Å². The van der Waals surface area contributed by atoms with Gasteiger partial charge in [0.1, 0.15) is 11.2 Å². The fourth-order valence-electron chi connectivity index (χ4n) is 2.11. The summed E-state index contributed by atoms with van der Waals surface area (Å²) in [7, 11) is 0. The van der Waals surface area contributed by atoms with Crippen molar-refractivity contribution >= 4 is 23.2 Å². The van der Waals surface area contributed by atoms with Crippen molar-refractivity contribution in [2.75, 3.05) is 0 Å². The molecule has 7 nitrogen and oxygen atoms in total. The van der Waals surface area contributed by atoms with Crippen molar-refractivity contribution in [2.24, 2.45) is 0 Å². The van der Waals surface area contributed by atoms with Crippen LogP contribution in [0.4, 0.5) is 9.59 Å². The van der Waals surface area contributed by atoms with Gasteiger partial charge in [-0.3, -0.25) is 4.57 Å². The summed E-state index contributed by atoms with van der Waals surface area (Å²) in [6.07, 6.45) is 0.668. The van der Waals surface area contributed by atoms with Crippen molar-refractivity contribution in [1.29, 1.82) is 0 Å². The molecule has 0 aliphatic rings. The first-order chi connectivity index (χ1) is 11.4. The van der Waals surface area contributed by atoms with E-state index in [9.17, 15) is 9.59 Å². The van der Waals surface area contributed by atoms with Crippen molar-refractivity contribution in [2.45, 2.75) is 59.3 Å². The van der Waals surface area contributed by atoms with E-state index < -0.39 is 23.4 Å². The number of nitrogens with one attached hydrogen (secondary N) is 1. The average molecular weight is 347 g/mol. The molecule has 0 spiro atoms. The third-order valence-corrected chi connectivity index (χ3v) is 3.00. The summed E-state index contributed by atoms with van der Waals surface area (Å²) in [5.41, 5.74) is 0.842. The number of pyridine rings is 1. The Hall–Kier alpha value is -2.57. The molecule has 7 heteroatoms. The van der Waals surface area contributed by atoms with Crippen LogP contribution in [-0.4, -0.2) is 32.9 Å². The summed E-state index contributed by atoms with van der Waals surface area (Å²) >= 11 is 0. The van der Waals surface area contributed by atoms with Gasteiger partial charge < -0.3 is 14.8 Å². The van der Waals surface area contributed by atoms with Crippen LogP contribution < -0.4 is 5.32 Å². The smallest absolute Gasteiger partial charge is 0.419 e. The predicted octanol–water partition coefficient (Wildman–Crippen LogP) is 3.84. The zero-order chi connectivity index (χ0) is 18.8. The molecule has 136 valence electrons. The van der Waals surface area contributed by atoms with Gasteiger partial charge >= 0.3 is 12.2 Å². The number of fused-ring (bicyclic) bond motifs is 1.